The summed E-state index contributed by atoms with van der Waals surface area (Å²) in [4.78, 5) is 2.56. The Morgan fingerprint density at radius 1 is 0.500 bits per heavy atom. The van der Waals surface area contributed by atoms with Gasteiger partial charge in [-0.15, -0.1) is 0 Å². The third-order valence-electron chi connectivity index (χ3n) is 8.55. The van der Waals surface area contributed by atoms with Crippen molar-refractivity contribution in [2.24, 2.45) is 0 Å². The molecule has 6 aromatic carbocycles. The number of nitrogens with one attached hydrogen (secondary N) is 1. The topological polar surface area (TPSA) is 25.2 Å². The van der Waals surface area contributed by atoms with Crippen LogP contribution >= 0.6 is 11.8 Å². The SMILES string of the molecule is c1ccc2c(c1)Sc1c(Nc3cccc4oc5ccccc5c34)cccc1C21c2ccccc2-c2ccccc21. The second-order valence-electron chi connectivity index (χ2n) is 10.5. The molecule has 2 heterocycles. The molecule has 1 aromatic heterocycles. The molecular formula is C37H23NOS. The number of rotatable bonds is 2. The van der Waals surface area contributed by atoms with Gasteiger partial charge >= 0.3 is 0 Å². The number of benzene rings is 6. The Kier molecular flexibility index (Phi) is 4.50. The summed E-state index contributed by atoms with van der Waals surface area (Å²) in [6, 6.07) is 48.1. The highest BCUT2D eigenvalue weighted by molar-refractivity contribution is 7.99. The predicted molar refractivity (Wildman–Crippen MR) is 165 cm³/mol. The lowest BCUT2D eigenvalue weighted by molar-refractivity contribution is 0.669. The molecule has 1 aliphatic heterocycles. The van der Waals surface area contributed by atoms with Gasteiger partial charge < -0.3 is 9.73 Å². The van der Waals surface area contributed by atoms with Crippen LogP contribution in [0.2, 0.25) is 0 Å². The molecule has 7 aromatic rings. The number of furan rings is 1. The van der Waals surface area contributed by atoms with Gasteiger partial charge in [0.05, 0.1) is 22.2 Å². The van der Waals surface area contributed by atoms with Crippen molar-refractivity contribution in [3.8, 4) is 11.1 Å². The van der Waals surface area contributed by atoms with Gasteiger partial charge in [0.2, 0.25) is 0 Å². The molecule has 0 unspecified atom stereocenters. The van der Waals surface area contributed by atoms with E-state index in [1.807, 2.05) is 30.0 Å². The van der Waals surface area contributed by atoms with Gasteiger partial charge in [0.1, 0.15) is 11.2 Å². The van der Waals surface area contributed by atoms with Gasteiger partial charge in [-0.05, 0) is 63.7 Å². The Morgan fingerprint density at radius 2 is 1.10 bits per heavy atom. The fourth-order valence-corrected chi connectivity index (χ4v) is 8.26. The van der Waals surface area contributed by atoms with E-state index in [-0.39, 0.29) is 5.41 Å². The number of hydrogen-bond acceptors (Lipinski definition) is 3. The molecule has 1 N–H and O–H groups in total. The van der Waals surface area contributed by atoms with Gasteiger partial charge in [0.15, 0.2) is 0 Å². The quantitative estimate of drug-likeness (QED) is 0.241. The molecule has 2 aliphatic rings. The Balaban J connectivity index is 1.33. The monoisotopic (exact) mass is 529 g/mol. The minimum Gasteiger partial charge on any atom is -0.456 e. The van der Waals surface area contributed by atoms with E-state index in [2.05, 4.69) is 121 Å². The molecule has 2 nitrogen and oxygen atoms in total. The van der Waals surface area contributed by atoms with E-state index in [1.54, 1.807) is 0 Å². The zero-order valence-corrected chi connectivity index (χ0v) is 22.3. The summed E-state index contributed by atoms with van der Waals surface area (Å²) >= 11 is 1.86. The third kappa shape index (κ3) is 2.80. The van der Waals surface area contributed by atoms with Crippen molar-refractivity contribution in [2.75, 3.05) is 5.32 Å². The van der Waals surface area contributed by atoms with E-state index >= 15 is 0 Å². The van der Waals surface area contributed by atoms with Crippen LogP contribution in [0.5, 0.6) is 0 Å². The summed E-state index contributed by atoms with van der Waals surface area (Å²) in [7, 11) is 0. The zero-order chi connectivity index (χ0) is 26.3. The van der Waals surface area contributed by atoms with Crippen molar-refractivity contribution >= 4 is 45.1 Å². The molecular weight excluding hydrogens is 506 g/mol. The number of fused-ring (bicyclic) bond motifs is 12. The molecule has 1 spiro atoms. The van der Waals surface area contributed by atoms with Crippen LogP contribution in [0, 0.1) is 0 Å². The Bertz CT molecular complexity index is 2090. The van der Waals surface area contributed by atoms with Gasteiger partial charge in [0.25, 0.3) is 0 Å². The van der Waals surface area contributed by atoms with E-state index in [9.17, 15) is 0 Å². The molecule has 0 saturated heterocycles. The molecule has 0 fully saturated rings. The molecule has 0 saturated carbocycles. The molecule has 0 amide bonds. The van der Waals surface area contributed by atoms with Crippen LogP contribution in [-0.2, 0) is 5.41 Å². The van der Waals surface area contributed by atoms with Crippen LogP contribution in [-0.4, -0.2) is 0 Å². The molecule has 0 radical (unpaired) electrons. The molecule has 1 aliphatic carbocycles. The van der Waals surface area contributed by atoms with E-state index in [0.29, 0.717) is 0 Å². The molecule has 40 heavy (non-hydrogen) atoms. The maximum Gasteiger partial charge on any atom is 0.137 e. The molecule has 3 heteroatoms. The molecule has 188 valence electrons. The lowest BCUT2D eigenvalue weighted by Gasteiger charge is -2.40. The summed E-state index contributed by atoms with van der Waals surface area (Å²) in [6.45, 7) is 0. The second kappa shape index (κ2) is 8.14. The smallest absolute Gasteiger partial charge is 0.137 e. The average Bonchev–Trinajstić information content (AvgIpc) is 3.53. The first-order chi connectivity index (χ1) is 19.8. The summed E-state index contributed by atoms with van der Waals surface area (Å²) in [5.41, 5.74) is 11.6. The van der Waals surface area contributed by atoms with Crippen molar-refractivity contribution in [3.63, 3.8) is 0 Å². The fourth-order valence-electron chi connectivity index (χ4n) is 7.00. The van der Waals surface area contributed by atoms with Crippen LogP contribution in [0.1, 0.15) is 22.3 Å². The maximum absolute atomic E-state index is 6.20. The Hall–Kier alpha value is -4.73. The van der Waals surface area contributed by atoms with Crippen molar-refractivity contribution in [2.45, 2.75) is 15.2 Å². The molecule has 0 bridgehead atoms. The van der Waals surface area contributed by atoms with Crippen molar-refractivity contribution < 1.29 is 4.42 Å². The first kappa shape index (κ1) is 22.1. The highest BCUT2D eigenvalue weighted by atomic mass is 32.2. The van der Waals surface area contributed by atoms with Crippen LogP contribution < -0.4 is 5.32 Å². The van der Waals surface area contributed by atoms with Crippen LogP contribution in [0.25, 0.3) is 33.1 Å². The summed E-state index contributed by atoms with van der Waals surface area (Å²) in [6.07, 6.45) is 0. The summed E-state index contributed by atoms with van der Waals surface area (Å²) in [5.74, 6) is 0. The zero-order valence-electron chi connectivity index (χ0n) is 21.5. The van der Waals surface area contributed by atoms with E-state index in [0.717, 1.165) is 33.3 Å². The number of hydrogen-bond donors (Lipinski definition) is 1. The second-order valence-corrected chi connectivity index (χ2v) is 11.6. The van der Waals surface area contributed by atoms with Crippen molar-refractivity contribution in [3.05, 3.63) is 156 Å². The van der Waals surface area contributed by atoms with Crippen LogP contribution in [0.4, 0.5) is 11.4 Å². The third-order valence-corrected chi connectivity index (χ3v) is 9.77. The average molecular weight is 530 g/mol. The molecule has 0 atom stereocenters. The predicted octanol–water partition coefficient (Wildman–Crippen LogP) is 10.2. The number of anilines is 2. The number of para-hydroxylation sites is 1. The Labute approximate surface area is 236 Å². The standard InChI is InChI=1S/C37H23NOS/c1-4-14-26-23(11-1)24-12-2-5-15-27(24)37(26)28-16-6-8-22-34(28)40-36-29(37)17-9-19-31(36)38-30-18-10-21-33-35(30)25-13-3-7-20-32(25)39-33/h1-22,38H. The normalized spacial score (nSPS) is 14.1. The first-order valence-electron chi connectivity index (χ1n) is 13.6. The van der Waals surface area contributed by atoms with Gasteiger partial charge in [-0.3, -0.25) is 0 Å². The van der Waals surface area contributed by atoms with Crippen LogP contribution in [0.15, 0.2) is 148 Å². The highest BCUT2D eigenvalue weighted by Gasteiger charge is 2.50. The van der Waals surface area contributed by atoms with Gasteiger partial charge in [-0.1, -0.05) is 115 Å². The van der Waals surface area contributed by atoms with Gasteiger partial charge in [-0.25, -0.2) is 0 Å². The molecule has 9 rings (SSSR count). The van der Waals surface area contributed by atoms with Crippen molar-refractivity contribution in [1.82, 2.24) is 0 Å². The first-order valence-corrected chi connectivity index (χ1v) is 14.4. The van der Waals surface area contributed by atoms with E-state index in [4.69, 9.17) is 4.42 Å². The van der Waals surface area contributed by atoms with Gasteiger partial charge in [-0.2, -0.15) is 0 Å². The Morgan fingerprint density at radius 3 is 1.93 bits per heavy atom. The maximum atomic E-state index is 6.20. The minimum atomic E-state index is -0.379. The fraction of sp³-hybridized carbons (Fsp3) is 0.0270. The van der Waals surface area contributed by atoms with Crippen LogP contribution in [0.3, 0.4) is 0 Å². The lowest BCUT2D eigenvalue weighted by Crippen LogP contribution is -2.32. The van der Waals surface area contributed by atoms with Crippen molar-refractivity contribution in [1.29, 1.82) is 0 Å². The van der Waals surface area contributed by atoms with Gasteiger partial charge in [0, 0.05) is 15.2 Å². The highest BCUT2D eigenvalue weighted by Crippen LogP contribution is 2.63. The largest absolute Gasteiger partial charge is 0.456 e. The summed E-state index contributed by atoms with van der Waals surface area (Å²) in [5, 5.41) is 6.10. The van der Waals surface area contributed by atoms with E-state index < -0.39 is 0 Å². The minimum absolute atomic E-state index is 0.379. The summed E-state index contributed by atoms with van der Waals surface area (Å²) < 4.78 is 6.20. The lowest BCUT2D eigenvalue weighted by atomic mass is 9.67. The van der Waals surface area contributed by atoms with E-state index in [1.165, 1.54) is 43.2 Å².